The number of nitrogens with one attached hydrogen (secondary N) is 2. The molecule has 6 nitrogen and oxygen atoms in total. The van der Waals surface area contributed by atoms with Gasteiger partial charge in [0.1, 0.15) is 0 Å². The van der Waals surface area contributed by atoms with E-state index in [9.17, 15) is 4.79 Å². The maximum atomic E-state index is 11.8. The number of halogens is 1. The van der Waals surface area contributed by atoms with Gasteiger partial charge in [-0.3, -0.25) is 9.79 Å². The molecule has 0 spiro atoms. The minimum Gasteiger partial charge on any atom is -0.373 e. The van der Waals surface area contributed by atoms with Crippen molar-refractivity contribution in [2.24, 2.45) is 4.99 Å². The Morgan fingerprint density at radius 3 is 2.93 bits per heavy atom. The van der Waals surface area contributed by atoms with Gasteiger partial charge in [-0.2, -0.15) is 0 Å². The zero-order chi connectivity index (χ0) is 19.8. The number of aryl methyl sites for hydroxylation is 1. The summed E-state index contributed by atoms with van der Waals surface area (Å²) in [5, 5.41) is 6.80. The predicted octanol–water partition coefficient (Wildman–Crippen LogP) is 3.26. The van der Waals surface area contributed by atoms with Gasteiger partial charge in [0.15, 0.2) is 5.96 Å². The maximum absolute atomic E-state index is 11.8. The Hall–Kier alpha value is -1.35. The second-order valence-electron chi connectivity index (χ2n) is 7.63. The van der Waals surface area contributed by atoms with Crippen molar-refractivity contribution in [3.05, 3.63) is 35.4 Å². The van der Waals surface area contributed by atoms with Crippen molar-refractivity contribution in [3.63, 3.8) is 0 Å². The second-order valence-corrected chi connectivity index (χ2v) is 7.63. The van der Waals surface area contributed by atoms with Gasteiger partial charge in [0.2, 0.25) is 5.91 Å². The zero-order valence-corrected chi connectivity index (χ0v) is 20.0. The molecule has 0 aromatic heterocycles. The van der Waals surface area contributed by atoms with Crippen molar-refractivity contribution in [2.45, 2.75) is 57.6 Å². The van der Waals surface area contributed by atoms with Crippen LogP contribution in [0.5, 0.6) is 0 Å². The van der Waals surface area contributed by atoms with E-state index in [2.05, 4.69) is 39.9 Å². The van der Waals surface area contributed by atoms with E-state index >= 15 is 0 Å². The van der Waals surface area contributed by atoms with Gasteiger partial charge >= 0.3 is 0 Å². The number of aliphatic imine (C=N–C) groups is 1. The van der Waals surface area contributed by atoms with Crippen LogP contribution in [0.2, 0.25) is 0 Å². The molecular weight excluding hydrogens is 479 g/mol. The monoisotopic (exact) mass is 514 g/mol. The van der Waals surface area contributed by atoms with E-state index in [0.29, 0.717) is 6.42 Å². The lowest BCUT2D eigenvalue weighted by Crippen LogP contribution is -2.45. The highest BCUT2D eigenvalue weighted by molar-refractivity contribution is 14.0. The summed E-state index contributed by atoms with van der Waals surface area (Å²) < 4.78 is 6.17. The smallest absolute Gasteiger partial charge is 0.222 e. The molecule has 1 fully saturated rings. The molecule has 1 aliphatic heterocycles. The lowest BCUT2D eigenvalue weighted by molar-refractivity contribution is -0.129. The lowest BCUT2D eigenvalue weighted by atomic mass is 9.89. The van der Waals surface area contributed by atoms with Crippen LogP contribution in [-0.4, -0.2) is 56.1 Å². The van der Waals surface area contributed by atoms with Gasteiger partial charge in [0.05, 0.1) is 6.10 Å². The normalized spacial score (nSPS) is 21.3. The highest BCUT2D eigenvalue weighted by atomic mass is 127. The molecule has 1 aliphatic carbocycles. The van der Waals surface area contributed by atoms with Crippen molar-refractivity contribution in [3.8, 4) is 0 Å². The summed E-state index contributed by atoms with van der Waals surface area (Å²) in [7, 11) is 1.79. The molecule has 1 aromatic carbocycles. The van der Waals surface area contributed by atoms with Gasteiger partial charge in [0, 0.05) is 45.8 Å². The van der Waals surface area contributed by atoms with E-state index < -0.39 is 0 Å². The predicted molar refractivity (Wildman–Crippen MR) is 128 cm³/mol. The molecule has 0 bridgehead atoms. The standard InChI is InChI=1S/C22H34N4O2.HI/c1-3-21(27)26-14-12-18(16-26)25-22(23-2)24-13-7-15-28-20-11-6-9-17-8-4-5-10-19(17)20;/h4-5,8,10,18,20H,3,6-7,9,11-16H2,1-2H3,(H2,23,24,25);1H. The summed E-state index contributed by atoms with van der Waals surface area (Å²) in [5.74, 6) is 1.03. The minimum absolute atomic E-state index is 0. The van der Waals surface area contributed by atoms with E-state index in [1.165, 1.54) is 24.0 Å². The number of likely N-dealkylation sites (tertiary alicyclic amines) is 1. The number of hydrogen-bond donors (Lipinski definition) is 2. The first-order valence-corrected chi connectivity index (χ1v) is 10.7. The van der Waals surface area contributed by atoms with Crippen molar-refractivity contribution in [2.75, 3.05) is 33.3 Å². The molecule has 0 saturated carbocycles. The van der Waals surface area contributed by atoms with Crippen LogP contribution in [0.15, 0.2) is 29.3 Å². The number of carbonyl (C=O) groups excluding carboxylic acids is 1. The third kappa shape index (κ3) is 6.84. The molecule has 1 heterocycles. The molecule has 162 valence electrons. The lowest BCUT2D eigenvalue weighted by Gasteiger charge is -2.25. The van der Waals surface area contributed by atoms with Crippen molar-refractivity contribution in [1.82, 2.24) is 15.5 Å². The average Bonchev–Trinajstić information content (AvgIpc) is 3.20. The molecule has 1 saturated heterocycles. The molecule has 3 rings (SSSR count). The number of ether oxygens (including phenoxy) is 1. The van der Waals surface area contributed by atoms with Crippen LogP contribution in [0, 0.1) is 0 Å². The van der Waals surface area contributed by atoms with Crippen LogP contribution in [0.1, 0.15) is 56.3 Å². The van der Waals surface area contributed by atoms with E-state index in [4.69, 9.17) is 4.74 Å². The van der Waals surface area contributed by atoms with Crippen LogP contribution >= 0.6 is 24.0 Å². The average molecular weight is 514 g/mol. The number of fused-ring (bicyclic) bond motifs is 1. The number of rotatable bonds is 7. The van der Waals surface area contributed by atoms with Crippen LogP contribution in [0.25, 0.3) is 0 Å². The Labute approximate surface area is 191 Å². The molecule has 2 unspecified atom stereocenters. The number of nitrogens with zero attached hydrogens (tertiary/aromatic N) is 2. The number of hydrogen-bond acceptors (Lipinski definition) is 3. The number of carbonyl (C=O) groups is 1. The Balaban J connectivity index is 0.00000300. The summed E-state index contributed by atoms with van der Waals surface area (Å²) in [4.78, 5) is 18.0. The van der Waals surface area contributed by atoms with E-state index in [0.717, 1.165) is 51.5 Å². The summed E-state index contributed by atoms with van der Waals surface area (Å²) in [5.41, 5.74) is 2.81. The van der Waals surface area contributed by atoms with E-state index in [1.807, 2.05) is 11.8 Å². The Morgan fingerprint density at radius 2 is 2.14 bits per heavy atom. The highest BCUT2D eigenvalue weighted by Crippen LogP contribution is 2.32. The highest BCUT2D eigenvalue weighted by Gasteiger charge is 2.25. The van der Waals surface area contributed by atoms with Gasteiger partial charge in [-0.15, -0.1) is 24.0 Å². The molecule has 2 N–H and O–H groups in total. The fraction of sp³-hybridized carbons (Fsp3) is 0.636. The van der Waals surface area contributed by atoms with Gasteiger partial charge in [-0.25, -0.2) is 0 Å². The zero-order valence-electron chi connectivity index (χ0n) is 17.7. The van der Waals surface area contributed by atoms with Gasteiger partial charge < -0.3 is 20.3 Å². The maximum Gasteiger partial charge on any atom is 0.222 e. The van der Waals surface area contributed by atoms with Gasteiger partial charge in [-0.1, -0.05) is 31.2 Å². The largest absolute Gasteiger partial charge is 0.373 e. The fourth-order valence-corrected chi connectivity index (χ4v) is 4.10. The van der Waals surface area contributed by atoms with Crippen LogP contribution in [0.4, 0.5) is 0 Å². The number of amides is 1. The first-order chi connectivity index (χ1) is 13.7. The summed E-state index contributed by atoms with van der Waals surface area (Å²) in [6, 6.07) is 8.93. The number of benzene rings is 1. The first-order valence-electron chi connectivity index (χ1n) is 10.7. The third-order valence-electron chi connectivity index (χ3n) is 5.65. The molecule has 7 heteroatoms. The van der Waals surface area contributed by atoms with E-state index in [-0.39, 0.29) is 42.0 Å². The van der Waals surface area contributed by atoms with Crippen molar-refractivity contribution >= 4 is 35.8 Å². The first kappa shape index (κ1) is 23.9. The minimum atomic E-state index is 0. The van der Waals surface area contributed by atoms with Crippen molar-refractivity contribution in [1.29, 1.82) is 0 Å². The van der Waals surface area contributed by atoms with Gasteiger partial charge in [-0.05, 0) is 43.2 Å². The number of guanidine groups is 1. The summed E-state index contributed by atoms with van der Waals surface area (Å²) in [6.07, 6.45) is 6.20. The van der Waals surface area contributed by atoms with Gasteiger partial charge in [0.25, 0.3) is 0 Å². The summed E-state index contributed by atoms with van der Waals surface area (Å²) in [6.45, 7) is 5.07. The Kier molecular flexibility index (Phi) is 10.2. The van der Waals surface area contributed by atoms with E-state index in [1.54, 1.807) is 7.05 Å². The molecule has 0 radical (unpaired) electrons. The summed E-state index contributed by atoms with van der Waals surface area (Å²) >= 11 is 0. The second kappa shape index (κ2) is 12.4. The fourth-order valence-electron chi connectivity index (χ4n) is 4.10. The molecular formula is C22H35IN4O2. The van der Waals surface area contributed by atoms with Crippen LogP contribution < -0.4 is 10.6 Å². The molecule has 2 aliphatic rings. The molecule has 29 heavy (non-hydrogen) atoms. The molecule has 1 amide bonds. The third-order valence-corrected chi connectivity index (χ3v) is 5.65. The Morgan fingerprint density at radius 1 is 1.31 bits per heavy atom. The topological polar surface area (TPSA) is 66.0 Å². The quantitative estimate of drug-likeness (QED) is 0.254. The molecule has 2 atom stereocenters. The Bertz CT molecular complexity index is 683. The SMILES string of the molecule is CCC(=O)N1CCC(NC(=NC)NCCCOC2CCCc3ccccc32)C1.I. The van der Waals surface area contributed by atoms with Crippen LogP contribution in [0.3, 0.4) is 0 Å². The van der Waals surface area contributed by atoms with Crippen LogP contribution in [-0.2, 0) is 16.0 Å². The van der Waals surface area contributed by atoms with Crippen molar-refractivity contribution < 1.29 is 9.53 Å². The molecule has 1 aromatic rings.